The minimum absolute atomic E-state index is 0.0672. The normalized spacial score (nSPS) is 20.5. The molecule has 0 saturated heterocycles. The number of halogens is 3. The van der Waals surface area contributed by atoms with Gasteiger partial charge in [0.1, 0.15) is 5.75 Å². The summed E-state index contributed by atoms with van der Waals surface area (Å²) < 4.78 is 47.1. The van der Waals surface area contributed by atoms with Gasteiger partial charge >= 0.3 is 6.18 Å². The van der Waals surface area contributed by atoms with Gasteiger partial charge in [-0.3, -0.25) is 0 Å². The highest BCUT2D eigenvalue weighted by atomic mass is 19.4. The molecule has 2 atom stereocenters. The molecule has 0 spiro atoms. The summed E-state index contributed by atoms with van der Waals surface area (Å²) in [6.07, 6.45) is -4.82. The molecule has 2 aliphatic rings. The number of hydrogen-bond acceptors (Lipinski definition) is 3. The second-order valence-electron chi connectivity index (χ2n) is 7.11. The van der Waals surface area contributed by atoms with Crippen molar-refractivity contribution in [2.75, 3.05) is 0 Å². The SMILES string of the molecule is FC(F)(F)c1ccccc1[C@H]1Oc2ccccc2[C@H]2CC(c3ccccc3)=NN21. The van der Waals surface area contributed by atoms with Crippen LogP contribution in [0.2, 0.25) is 0 Å². The number of hydrogen-bond donors (Lipinski definition) is 0. The maximum absolute atomic E-state index is 13.7. The molecule has 3 aromatic rings. The van der Waals surface area contributed by atoms with E-state index in [2.05, 4.69) is 0 Å². The first-order chi connectivity index (χ1) is 14.0. The van der Waals surface area contributed by atoms with Gasteiger partial charge in [0.2, 0.25) is 6.23 Å². The Bertz CT molecular complexity index is 1080. The van der Waals surface area contributed by atoms with Crippen LogP contribution in [-0.4, -0.2) is 10.7 Å². The van der Waals surface area contributed by atoms with E-state index in [-0.39, 0.29) is 11.6 Å². The molecule has 0 amide bonds. The van der Waals surface area contributed by atoms with Crippen molar-refractivity contribution < 1.29 is 17.9 Å². The van der Waals surface area contributed by atoms with Crippen LogP contribution in [-0.2, 0) is 6.18 Å². The molecule has 3 nitrogen and oxygen atoms in total. The zero-order valence-electron chi connectivity index (χ0n) is 15.3. The highest BCUT2D eigenvalue weighted by molar-refractivity contribution is 6.01. The molecule has 5 rings (SSSR count). The van der Waals surface area contributed by atoms with Crippen LogP contribution in [0.15, 0.2) is 84.0 Å². The van der Waals surface area contributed by atoms with Gasteiger partial charge in [-0.15, -0.1) is 0 Å². The second-order valence-corrected chi connectivity index (χ2v) is 7.11. The van der Waals surface area contributed by atoms with Gasteiger partial charge in [0.15, 0.2) is 0 Å². The predicted molar refractivity (Wildman–Crippen MR) is 103 cm³/mol. The Kier molecular flexibility index (Phi) is 4.08. The minimum Gasteiger partial charge on any atom is -0.464 e. The van der Waals surface area contributed by atoms with Crippen LogP contribution in [0.5, 0.6) is 5.75 Å². The van der Waals surface area contributed by atoms with Gasteiger partial charge < -0.3 is 4.74 Å². The molecule has 0 aromatic heterocycles. The third-order valence-corrected chi connectivity index (χ3v) is 5.34. The van der Waals surface area contributed by atoms with E-state index < -0.39 is 18.0 Å². The highest BCUT2D eigenvalue weighted by Crippen LogP contribution is 2.49. The molecule has 0 fully saturated rings. The third kappa shape index (κ3) is 3.05. The molecule has 29 heavy (non-hydrogen) atoms. The number of para-hydroxylation sites is 1. The van der Waals surface area contributed by atoms with Crippen LogP contribution in [0.3, 0.4) is 0 Å². The lowest BCUT2D eigenvalue weighted by Crippen LogP contribution is -2.35. The molecule has 0 radical (unpaired) electrons. The van der Waals surface area contributed by atoms with Crippen LogP contribution in [0.1, 0.15) is 40.9 Å². The number of alkyl halides is 3. The fourth-order valence-electron chi connectivity index (χ4n) is 4.01. The summed E-state index contributed by atoms with van der Waals surface area (Å²) in [6, 6.07) is 22.6. The zero-order valence-corrected chi connectivity index (χ0v) is 15.3. The summed E-state index contributed by atoms with van der Waals surface area (Å²) in [4.78, 5) is 0. The van der Waals surface area contributed by atoms with Crippen molar-refractivity contribution in [2.24, 2.45) is 5.10 Å². The fraction of sp³-hybridized carbons (Fsp3) is 0.174. The number of nitrogens with zero attached hydrogens (tertiary/aromatic N) is 2. The molecular weight excluding hydrogens is 377 g/mol. The highest BCUT2D eigenvalue weighted by Gasteiger charge is 2.44. The second kappa shape index (κ2) is 6.65. The fourth-order valence-corrected chi connectivity index (χ4v) is 4.01. The predicted octanol–water partition coefficient (Wildman–Crippen LogP) is 5.95. The lowest BCUT2D eigenvalue weighted by Gasteiger charge is -2.38. The van der Waals surface area contributed by atoms with E-state index in [1.807, 2.05) is 48.5 Å². The van der Waals surface area contributed by atoms with Crippen molar-refractivity contribution >= 4 is 5.71 Å². The van der Waals surface area contributed by atoms with Gasteiger partial charge in [0.05, 0.1) is 17.3 Å². The van der Waals surface area contributed by atoms with Gasteiger partial charge in [0, 0.05) is 17.5 Å². The van der Waals surface area contributed by atoms with Gasteiger partial charge in [0.25, 0.3) is 0 Å². The largest absolute Gasteiger partial charge is 0.464 e. The Labute approximate surface area is 166 Å². The lowest BCUT2D eigenvalue weighted by atomic mass is 9.95. The number of benzene rings is 3. The first kappa shape index (κ1) is 17.8. The Morgan fingerprint density at radius 3 is 2.24 bits per heavy atom. The van der Waals surface area contributed by atoms with Crippen LogP contribution in [0.4, 0.5) is 13.2 Å². The van der Waals surface area contributed by atoms with Crippen LogP contribution >= 0.6 is 0 Å². The molecular formula is C23H17F3N2O. The van der Waals surface area contributed by atoms with Crippen LogP contribution in [0.25, 0.3) is 0 Å². The molecule has 2 heterocycles. The smallest absolute Gasteiger partial charge is 0.416 e. The molecule has 2 aliphatic heterocycles. The van der Waals surface area contributed by atoms with E-state index in [0.29, 0.717) is 12.2 Å². The molecule has 0 aliphatic carbocycles. The van der Waals surface area contributed by atoms with E-state index in [4.69, 9.17) is 9.84 Å². The number of ether oxygens (including phenoxy) is 1. The first-order valence-electron chi connectivity index (χ1n) is 9.35. The summed E-state index contributed by atoms with van der Waals surface area (Å²) in [6.45, 7) is 0. The molecule has 0 bridgehead atoms. The monoisotopic (exact) mass is 394 g/mol. The molecule has 0 unspecified atom stereocenters. The van der Waals surface area contributed by atoms with Crippen molar-refractivity contribution in [3.05, 3.63) is 101 Å². The lowest BCUT2D eigenvalue weighted by molar-refractivity contribution is -0.140. The van der Waals surface area contributed by atoms with Gasteiger partial charge in [-0.2, -0.15) is 18.3 Å². The van der Waals surface area contributed by atoms with Gasteiger partial charge in [-0.05, 0) is 17.7 Å². The van der Waals surface area contributed by atoms with E-state index in [1.54, 1.807) is 17.1 Å². The molecule has 0 N–H and O–H groups in total. The minimum atomic E-state index is -4.47. The maximum atomic E-state index is 13.7. The summed E-state index contributed by atoms with van der Waals surface area (Å²) in [5.74, 6) is 0.597. The van der Waals surface area contributed by atoms with Crippen molar-refractivity contribution in [1.82, 2.24) is 5.01 Å². The Morgan fingerprint density at radius 1 is 0.828 bits per heavy atom. The number of rotatable bonds is 2. The zero-order chi connectivity index (χ0) is 20.0. The summed E-state index contributed by atoms with van der Waals surface area (Å²) in [5.41, 5.74) is 2.10. The molecule has 3 aromatic carbocycles. The quantitative estimate of drug-likeness (QED) is 0.537. The average Bonchev–Trinajstić information content (AvgIpc) is 3.19. The Hall–Kier alpha value is -3.28. The van der Waals surface area contributed by atoms with Gasteiger partial charge in [-0.1, -0.05) is 66.7 Å². The van der Waals surface area contributed by atoms with Crippen LogP contribution in [0, 0.1) is 0 Å². The van der Waals surface area contributed by atoms with Crippen molar-refractivity contribution in [2.45, 2.75) is 24.9 Å². The number of hydrazone groups is 1. The standard InChI is InChI=1S/C23H17F3N2O/c24-23(25,26)18-12-6-4-10-16(18)22-28-20(17-11-5-7-13-21(17)29-22)14-19(27-28)15-8-2-1-3-9-15/h1-13,20,22H,14H2/t20-,22-/m1/s1. The Balaban J connectivity index is 1.64. The summed E-state index contributed by atoms with van der Waals surface area (Å²) >= 11 is 0. The maximum Gasteiger partial charge on any atom is 0.416 e. The van der Waals surface area contributed by atoms with E-state index in [0.717, 1.165) is 22.9 Å². The average molecular weight is 394 g/mol. The number of fused-ring (bicyclic) bond motifs is 3. The molecule has 146 valence electrons. The van der Waals surface area contributed by atoms with Crippen molar-refractivity contribution in [3.63, 3.8) is 0 Å². The third-order valence-electron chi connectivity index (χ3n) is 5.34. The first-order valence-corrected chi connectivity index (χ1v) is 9.35. The molecule has 0 saturated carbocycles. The van der Waals surface area contributed by atoms with E-state index in [1.165, 1.54) is 12.1 Å². The van der Waals surface area contributed by atoms with Gasteiger partial charge in [-0.25, -0.2) is 5.01 Å². The van der Waals surface area contributed by atoms with E-state index >= 15 is 0 Å². The van der Waals surface area contributed by atoms with Crippen molar-refractivity contribution in [1.29, 1.82) is 0 Å². The summed E-state index contributed by atoms with van der Waals surface area (Å²) in [7, 11) is 0. The summed E-state index contributed by atoms with van der Waals surface area (Å²) in [5, 5.41) is 6.39. The van der Waals surface area contributed by atoms with Crippen LogP contribution < -0.4 is 4.74 Å². The topological polar surface area (TPSA) is 24.8 Å². The Morgan fingerprint density at radius 2 is 1.48 bits per heavy atom. The molecule has 6 heteroatoms. The van der Waals surface area contributed by atoms with E-state index in [9.17, 15) is 13.2 Å². The van der Waals surface area contributed by atoms with Crippen molar-refractivity contribution in [3.8, 4) is 5.75 Å².